The molecule has 1 saturated heterocycles. The number of carbonyl (C=O) groups excluding carboxylic acids is 1. The summed E-state index contributed by atoms with van der Waals surface area (Å²) in [5.41, 5.74) is 0. The Hall–Kier alpha value is -1.59. The Morgan fingerprint density at radius 3 is 1.58 bits per heavy atom. The molecule has 6 unspecified atom stereocenters. The van der Waals surface area contributed by atoms with E-state index in [0.717, 1.165) is 51.4 Å². The first-order valence-corrected chi connectivity index (χ1v) is 22.6. The van der Waals surface area contributed by atoms with Gasteiger partial charge < -0.3 is 39.4 Å². The highest BCUT2D eigenvalue weighted by atomic mass is 16.7. The van der Waals surface area contributed by atoms with Gasteiger partial charge in [0.05, 0.1) is 19.8 Å². The Morgan fingerprint density at radius 2 is 1.05 bits per heavy atom. The summed E-state index contributed by atoms with van der Waals surface area (Å²) in [5, 5.41) is 40.0. The van der Waals surface area contributed by atoms with Gasteiger partial charge in [0.15, 0.2) is 6.29 Å². The van der Waals surface area contributed by atoms with Crippen molar-refractivity contribution in [3.8, 4) is 0 Å². The molecule has 0 aromatic heterocycles. The van der Waals surface area contributed by atoms with Gasteiger partial charge in [-0.2, -0.15) is 0 Å². The number of ether oxygens (including phenoxy) is 4. The maximum absolute atomic E-state index is 12.7. The standard InChI is InChI=1S/C46H84O9/c1-3-5-7-9-11-13-14-15-16-17-18-19-20-21-22-23-24-25-26-27-29-31-33-35-42(48)54-40(38-52-36-34-32-30-28-12-10-8-6-4-2)39-53-46-45(51)44(50)43(49)41(37-47)55-46/h14-15,17-18,20-21,40-41,43-47,49-51H,3-13,16,19,22-39H2,1-2H3/b15-14-,18-17-,21-20-. The molecule has 0 spiro atoms. The predicted octanol–water partition coefficient (Wildman–Crippen LogP) is 9.97. The van der Waals surface area contributed by atoms with Crippen molar-refractivity contribution in [2.75, 3.05) is 26.4 Å². The van der Waals surface area contributed by atoms with E-state index in [2.05, 4.69) is 50.3 Å². The molecule has 0 saturated carbocycles. The lowest BCUT2D eigenvalue weighted by Crippen LogP contribution is -2.59. The highest BCUT2D eigenvalue weighted by Crippen LogP contribution is 2.22. The topological polar surface area (TPSA) is 135 Å². The fraction of sp³-hybridized carbons (Fsp3) is 0.848. The van der Waals surface area contributed by atoms with Crippen LogP contribution in [-0.2, 0) is 23.7 Å². The maximum atomic E-state index is 12.7. The minimum absolute atomic E-state index is 0.115. The van der Waals surface area contributed by atoms with E-state index in [-0.39, 0.29) is 19.2 Å². The zero-order valence-electron chi connectivity index (χ0n) is 35.2. The lowest BCUT2D eigenvalue weighted by atomic mass is 9.99. The average molecular weight is 781 g/mol. The summed E-state index contributed by atoms with van der Waals surface area (Å²) in [5.74, 6) is -0.321. The van der Waals surface area contributed by atoms with Crippen molar-refractivity contribution in [2.24, 2.45) is 0 Å². The SMILES string of the molecule is CCCCCCC/C=C\C/C=C\C/C=C\CCCCCCCCCCC(=O)OC(COCCCCCCCCCCC)COC1OC(CO)C(O)C(O)C1O. The van der Waals surface area contributed by atoms with Crippen molar-refractivity contribution in [2.45, 2.75) is 224 Å². The second-order valence-electron chi connectivity index (χ2n) is 15.5. The average Bonchev–Trinajstić information content (AvgIpc) is 3.18. The summed E-state index contributed by atoms with van der Waals surface area (Å²) in [6.07, 6.45) is 37.5. The second kappa shape index (κ2) is 38.0. The zero-order valence-corrected chi connectivity index (χ0v) is 35.2. The van der Waals surface area contributed by atoms with Crippen molar-refractivity contribution in [3.63, 3.8) is 0 Å². The molecular formula is C46H84O9. The van der Waals surface area contributed by atoms with E-state index in [9.17, 15) is 25.2 Å². The van der Waals surface area contributed by atoms with E-state index in [1.807, 2.05) is 0 Å². The van der Waals surface area contributed by atoms with Crippen LogP contribution in [-0.4, -0.2) is 89.6 Å². The summed E-state index contributed by atoms with van der Waals surface area (Å²) in [7, 11) is 0. The van der Waals surface area contributed by atoms with Gasteiger partial charge in [0.2, 0.25) is 0 Å². The lowest BCUT2D eigenvalue weighted by molar-refractivity contribution is -0.305. The molecule has 55 heavy (non-hydrogen) atoms. The minimum atomic E-state index is -1.54. The molecule has 0 aromatic carbocycles. The summed E-state index contributed by atoms with van der Waals surface area (Å²) in [4.78, 5) is 12.7. The number of aliphatic hydroxyl groups excluding tert-OH is 4. The van der Waals surface area contributed by atoms with Gasteiger partial charge in [-0.15, -0.1) is 0 Å². The molecule has 0 aromatic rings. The van der Waals surface area contributed by atoms with Crippen LogP contribution in [0.1, 0.15) is 187 Å². The molecule has 9 nitrogen and oxygen atoms in total. The first-order valence-electron chi connectivity index (χ1n) is 22.6. The molecule has 0 radical (unpaired) electrons. The Balaban J connectivity index is 2.21. The number of unbranched alkanes of at least 4 members (excludes halogenated alkanes) is 21. The Morgan fingerprint density at radius 1 is 0.582 bits per heavy atom. The van der Waals surface area contributed by atoms with Crippen molar-refractivity contribution < 1.29 is 44.2 Å². The van der Waals surface area contributed by atoms with Gasteiger partial charge in [0.1, 0.15) is 30.5 Å². The summed E-state index contributed by atoms with van der Waals surface area (Å²) >= 11 is 0. The van der Waals surface area contributed by atoms with Crippen molar-refractivity contribution >= 4 is 5.97 Å². The third-order valence-electron chi connectivity index (χ3n) is 10.3. The second-order valence-corrected chi connectivity index (χ2v) is 15.5. The fourth-order valence-corrected chi connectivity index (χ4v) is 6.73. The van der Waals surface area contributed by atoms with Crippen LogP contribution in [0, 0.1) is 0 Å². The van der Waals surface area contributed by atoms with Gasteiger partial charge in [-0.05, 0) is 51.4 Å². The highest BCUT2D eigenvalue weighted by molar-refractivity contribution is 5.69. The minimum Gasteiger partial charge on any atom is -0.457 e. The van der Waals surface area contributed by atoms with Crippen LogP contribution in [0.25, 0.3) is 0 Å². The largest absolute Gasteiger partial charge is 0.457 e. The first kappa shape index (κ1) is 51.4. The molecule has 1 fully saturated rings. The molecule has 0 aliphatic carbocycles. The van der Waals surface area contributed by atoms with Crippen LogP contribution in [0.3, 0.4) is 0 Å². The molecule has 0 bridgehead atoms. The van der Waals surface area contributed by atoms with E-state index < -0.39 is 43.4 Å². The van der Waals surface area contributed by atoms with Crippen LogP contribution < -0.4 is 0 Å². The molecule has 322 valence electrons. The van der Waals surface area contributed by atoms with Gasteiger partial charge in [0.25, 0.3) is 0 Å². The monoisotopic (exact) mass is 781 g/mol. The first-order chi connectivity index (χ1) is 26.9. The summed E-state index contributed by atoms with van der Waals surface area (Å²) in [6, 6.07) is 0. The number of hydrogen-bond donors (Lipinski definition) is 4. The van der Waals surface area contributed by atoms with Gasteiger partial charge in [-0.1, -0.05) is 166 Å². The fourth-order valence-electron chi connectivity index (χ4n) is 6.73. The number of aliphatic hydroxyl groups is 4. The summed E-state index contributed by atoms with van der Waals surface area (Å²) < 4.78 is 22.7. The smallest absolute Gasteiger partial charge is 0.306 e. The van der Waals surface area contributed by atoms with Gasteiger partial charge >= 0.3 is 5.97 Å². The van der Waals surface area contributed by atoms with Crippen molar-refractivity contribution in [3.05, 3.63) is 36.5 Å². The number of rotatable bonds is 38. The number of allylic oxidation sites excluding steroid dienone is 6. The van der Waals surface area contributed by atoms with Crippen LogP contribution in [0.5, 0.6) is 0 Å². The van der Waals surface area contributed by atoms with E-state index in [4.69, 9.17) is 18.9 Å². The van der Waals surface area contributed by atoms with Crippen LogP contribution in [0.2, 0.25) is 0 Å². The molecule has 0 amide bonds. The quantitative estimate of drug-likeness (QED) is 0.0274. The van der Waals surface area contributed by atoms with Crippen LogP contribution in [0.15, 0.2) is 36.5 Å². The number of esters is 1. The Labute approximate surface area is 336 Å². The molecule has 1 rings (SSSR count). The van der Waals surface area contributed by atoms with Gasteiger partial charge in [0, 0.05) is 13.0 Å². The molecular weight excluding hydrogens is 696 g/mol. The molecule has 1 heterocycles. The van der Waals surface area contributed by atoms with Crippen molar-refractivity contribution in [1.82, 2.24) is 0 Å². The lowest BCUT2D eigenvalue weighted by Gasteiger charge is -2.39. The summed E-state index contributed by atoms with van der Waals surface area (Å²) in [6.45, 7) is 4.53. The molecule has 9 heteroatoms. The normalized spacial score (nSPS) is 21.0. The Kier molecular flexibility index (Phi) is 35.5. The van der Waals surface area contributed by atoms with E-state index in [1.54, 1.807) is 0 Å². The highest BCUT2D eigenvalue weighted by Gasteiger charge is 2.44. The molecule has 4 N–H and O–H groups in total. The molecule has 1 aliphatic heterocycles. The molecule has 1 aliphatic rings. The van der Waals surface area contributed by atoms with Crippen molar-refractivity contribution in [1.29, 1.82) is 0 Å². The maximum Gasteiger partial charge on any atom is 0.306 e. The Bertz CT molecular complexity index is 936. The van der Waals surface area contributed by atoms with Gasteiger partial charge in [-0.25, -0.2) is 0 Å². The number of hydrogen-bond acceptors (Lipinski definition) is 9. The predicted molar refractivity (Wildman–Crippen MR) is 224 cm³/mol. The number of carbonyl (C=O) groups is 1. The third kappa shape index (κ3) is 29.3. The molecule has 6 atom stereocenters. The van der Waals surface area contributed by atoms with E-state index >= 15 is 0 Å². The van der Waals surface area contributed by atoms with Crippen LogP contribution in [0.4, 0.5) is 0 Å². The zero-order chi connectivity index (χ0) is 40.0. The van der Waals surface area contributed by atoms with E-state index in [0.29, 0.717) is 13.0 Å². The van der Waals surface area contributed by atoms with Crippen LogP contribution >= 0.6 is 0 Å². The van der Waals surface area contributed by atoms with Gasteiger partial charge in [-0.3, -0.25) is 4.79 Å². The third-order valence-corrected chi connectivity index (χ3v) is 10.3. The van der Waals surface area contributed by atoms with E-state index in [1.165, 1.54) is 116 Å².